The van der Waals surface area contributed by atoms with Crippen LogP contribution in [0.15, 0.2) is 0 Å². The Bertz CT molecular complexity index is 87.7. The summed E-state index contributed by atoms with van der Waals surface area (Å²) in [7, 11) is 1.69. The first-order valence-corrected chi connectivity index (χ1v) is 3.56. The minimum absolute atomic E-state index is 0.108. The number of aliphatic hydroxyl groups excluding tert-OH is 1. The molecule has 0 aliphatic heterocycles. The fourth-order valence-electron chi connectivity index (χ4n) is 0.766. The van der Waals surface area contributed by atoms with Gasteiger partial charge < -0.3 is 10.4 Å². The molecule has 0 saturated carbocycles. The number of halogens is 1. The van der Waals surface area contributed by atoms with Gasteiger partial charge >= 0.3 is 0 Å². The van der Waals surface area contributed by atoms with Crippen molar-refractivity contribution in [2.75, 3.05) is 13.6 Å². The van der Waals surface area contributed by atoms with Crippen molar-refractivity contribution >= 4 is 0 Å². The molecular weight excluding hydrogens is 133 g/mol. The largest absolute Gasteiger partial charge is 0.389 e. The first kappa shape index (κ1) is 9.85. The Morgan fingerprint density at radius 1 is 1.50 bits per heavy atom. The van der Waals surface area contributed by atoms with E-state index in [0.29, 0.717) is 6.54 Å². The normalized spacial score (nSPS) is 17.4. The Labute approximate surface area is 61.4 Å². The molecular formula is C7H16FNO. The molecule has 2 N–H and O–H groups in total. The third kappa shape index (κ3) is 3.13. The summed E-state index contributed by atoms with van der Waals surface area (Å²) in [5.74, 6) is -0.108. The van der Waals surface area contributed by atoms with Crippen LogP contribution in [0.2, 0.25) is 0 Å². The Hall–Kier alpha value is -0.150. The van der Waals surface area contributed by atoms with Gasteiger partial charge in [-0.15, -0.1) is 0 Å². The molecule has 0 amide bonds. The van der Waals surface area contributed by atoms with Crippen molar-refractivity contribution in [3.8, 4) is 0 Å². The number of aliphatic hydroxyl groups is 1. The lowest BCUT2D eigenvalue weighted by Crippen LogP contribution is -2.35. The van der Waals surface area contributed by atoms with Gasteiger partial charge in [-0.1, -0.05) is 13.8 Å². The van der Waals surface area contributed by atoms with Gasteiger partial charge in [-0.25, -0.2) is 4.39 Å². The molecule has 0 aromatic heterocycles. The van der Waals surface area contributed by atoms with Gasteiger partial charge in [-0.05, 0) is 13.0 Å². The molecule has 0 saturated heterocycles. The molecule has 0 fully saturated rings. The highest BCUT2D eigenvalue weighted by Gasteiger charge is 2.20. The van der Waals surface area contributed by atoms with E-state index >= 15 is 0 Å². The summed E-state index contributed by atoms with van der Waals surface area (Å²) in [6.07, 6.45) is -1.99. The summed E-state index contributed by atoms with van der Waals surface area (Å²) in [6.45, 7) is 3.83. The minimum atomic E-state index is -1.12. The highest BCUT2D eigenvalue weighted by molar-refractivity contribution is 4.71. The average Bonchev–Trinajstić information content (AvgIpc) is 1.87. The molecule has 0 heterocycles. The molecule has 0 bridgehead atoms. The Morgan fingerprint density at radius 3 is 2.30 bits per heavy atom. The Balaban J connectivity index is 3.58. The molecule has 0 aliphatic rings. The smallest absolute Gasteiger partial charge is 0.129 e. The van der Waals surface area contributed by atoms with E-state index in [-0.39, 0.29) is 5.92 Å². The van der Waals surface area contributed by atoms with Crippen molar-refractivity contribution < 1.29 is 9.50 Å². The van der Waals surface area contributed by atoms with E-state index < -0.39 is 12.3 Å². The second-order valence-electron chi connectivity index (χ2n) is 2.81. The predicted octanol–water partition coefficient (Wildman–Crippen LogP) is 0.561. The van der Waals surface area contributed by atoms with Crippen LogP contribution in [-0.2, 0) is 0 Å². The SMILES string of the molecule is CNCC(O)C(F)C(C)C. The lowest BCUT2D eigenvalue weighted by atomic mass is 10.0. The highest BCUT2D eigenvalue weighted by Crippen LogP contribution is 2.09. The third-order valence-corrected chi connectivity index (χ3v) is 1.42. The van der Waals surface area contributed by atoms with E-state index in [2.05, 4.69) is 5.32 Å². The number of alkyl halides is 1. The second-order valence-corrected chi connectivity index (χ2v) is 2.81. The van der Waals surface area contributed by atoms with Crippen molar-refractivity contribution in [3.63, 3.8) is 0 Å². The van der Waals surface area contributed by atoms with Crippen LogP contribution in [0.5, 0.6) is 0 Å². The lowest BCUT2D eigenvalue weighted by molar-refractivity contribution is 0.0526. The maximum absolute atomic E-state index is 12.8. The molecule has 0 radical (unpaired) electrons. The van der Waals surface area contributed by atoms with Gasteiger partial charge in [0.05, 0.1) is 6.10 Å². The maximum Gasteiger partial charge on any atom is 0.129 e. The van der Waals surface area contributed by atoms with E-state index in [9.17, 15) is 4.39 Å². The zero-order chi connectivity index (χ0) is 8.15. The average molecular weight is 149 g/mol. The van der Waals surface area contributed by atoms with Gasteiger partial charge in [0.1, 0.15) is 6.17 Å². The van der Waals surface area contributed by atoms with E-state index in [1.807, 2.05) is 0 Å². The van der Waals surface area contributed by atoms with E-state index in [0.717, 1.165) is 0 Å². The molecule has 0 spiro atoms. The van der Waals surface area contributed by atoms with E-state index in [4.69, 9.17) is 5.11 Å². The van der Waals surface area contributed by atoms with E-state index in [1.165, 1.54) is 0 Å². The quantitative estimate of drug-likeness (QED) is 0.612. The van der Waals surface area contributed by atoms with Gasteiger partial charge in [-0.2, -0.15) is 0 Å². The summed E-state index contributed by atoms with van der Waals surface area (Å²) in [5.41, 5.74) is 0. The molecule has 2 atom stereocenters. The second kappa shape index (κ2) is 4.63. The van der Waals surface area contributed by atoms with Crippen molar-refractivity contribution in [1.82, 2.24) is 5.32 Å². The molecule has 2 nitrogen and oxygen atoms in total. The van der Waals surface area contributed by atoms with Crippen LogP contribution >= 0.6 is 0 Å². The first-order chi connectivity index (χ1) is 4.59. The molecule has 10 heavy (non-hydrogen) atoms. The van der Waals surface area contributed by atoms with E-state index in [1.54, 1.807) is 20.9 Å². The molecule has 0 rings (SSSR count). The fraction of sp³-hybridized carbons (Fsp3) is 1.00. The zero-order valence-corrected chi connectivity index (χ0v) is 6.76. The molecule has 0 aromatic carbocycles. The first-order valence-electron chi connectivity index (χ1n) is 3.56. The van der Waals surface area contributed by atoms with Crippen LogP contribution in [0.4, 0.5) is 4.39 Å². The van der Waals surface area contributed by atoms with Crippen molar-refractivity contribution in [2.45, 2.75) is 26.1 Å². The highest BCUT2D eigenvalue weighted by atomic mass is 19.1. The third-order valence-electron chi connectivity index (χ3n) is 1.42. The van der Waals surface area contributed by atoms with Crippen LogP contribution in [0.3, 0.4) is 0 Å². The topological polar surface area (TPSA) is 32.3 Å². The Morgan fingerprint density at radius 2 is 2.00 bits per heavy atom. The number of rotatable bonds is 4. The molecule has 0 aliphatic carbocycles. The van der Waals surface area contributed by atoms with Crippen molar-refractivity contribution in [3.05, 3.63) is 0 Å². The van der Waals surface area contributed by atoms with Gasteiger partial charge in [0.25, 0.3) is 0 Å². The fourth-order valence-corrected chi connectivity index (χ4v) is 0.766. The number of hydrogen-bond acceptors (Lipinski definition) is 2. The summed E-state index contributed by atoms with van der Waals surface area (Å²) >= 11 is 0. The zero-order valence-electron chi connectivity index (χ0n) is 6.76. The van der Waals surface area contributed by atoms with Gasteiger partial charge in [0, 0.05) is 6.54 Å². The van der Waals surface area contributed by atoms with Crippen LogP contribution in [0, 0.1) is 5.92 Å². The van der Waals surface area contributed by atoms with Crippen LogP contribution in [0.1, 0.15) is 13.8 Å². The monoisotopic (exact) mass is 149 g/mol. The van der Waals surface area contributed by atoms with Crippen LogP contribution < -0.4 is 5.32 Å². The molecule has 0 aromatic rings. The van der Waals surface area contributed by atoms with Crippen LogP contribution in [0.25, 0.3) is 0 Å². The maximum atomic E-state index is 12.8. The molecule has 62 valence electrons. The van der Waals surface area contributed by atoms with Crippen molar-refractivity contribution in [2.24, 2.45) is 5.92 Å². The summed E-state index contributed by atoms with van der Waals surface area (Å²) in [6, 6.07) is 0. The predicted molar refractivity (Wildman–Crippen MR) is 39.7 cm³/mol. The van der Waals surface area contributed by atoms with Gasteiger partial charge in [0.2, 0.25) is 0 Å². The summed E-state index contributed by atoms with van der Waals surface area (Å²) < 4.78 is 12.8. The lowest BCUT2D eigenvalue weighted by Gasteiger charge is -2.17. The Kier molecular flexibility index (Phi) is 4.56. The van der Waals surface area contributed by atoms with Gasteiger partial charge in [0.15, 0.2) is 0 Å². The standard InChI is InChI=1S/C7H16FNO/c1-5(2)7(8)6(10)4-9-3/h5-7,9-10H,4H2,1-3H3. The van der Waals surface area contributed by atoms with Crippen molar-refractivity contribution in [1.29, 1.82) is 0 Å². The number of hydrogen-bond donors (Lipinski definition) is 2. The van der Waals surface area contributed by atoms with Crippen LogP contribution in [-0.4, -0.2) is 31.0 Å². The minimum Gasteiger partial charge on any atom is -0.389 e. The molecule has 3 heteroatoms. The number of nitrogens with one attached hydrogen (secondary N) is 1. The summed E-state index contributed by atoms with van der Waals surface area (Å²) in [4.78, 5) is 0. The summed E-state index contributed by atoms with van der Waals surface area (Å²) in [5, 5.41) is 11.8. The molecule has 2 unspecified atom stereocenters. The number of likely N-dealkylation sites (N-methyl/N-ethyl adjacent to an activating group) is 1. The van der Waals surface area contributed by atoms with Gasteiger partial charge in [-0.3, -0.25) is 0 Å².